The van der Waals surface area contributed by atoms with E-state index in [9.17, 15) is 28.1 Å². The molecule has 0 saturated carbocycles. The monoisotopic (exact) mass is 422 g/mol. The molecule has 1 aromatic heterocycles. The number of rotatable bonds is 6. The number of sulfonamides is 1. The van der Waals surface area contributed by atoms with Crippen LogP contribution in [0.4, 0.5) is 4.39 Å². The van der Waals surface area contributed by atoms with E-state index in [4.69, 9.17) is 0 Å². The molecule has 0 aliphatic carbocycles. The summed E-state index contributed by atoms with van der Waals surface area (Å²) in [6.07, 6.45) is 0.552. The highest BCUT2D eigenvalue weighted by molar-refractivity contribution is 7.89. The summed E-state index contributed by atoms with van der Waals surface area (Å²) in [5.41, 5.74) is -0.271. The van der Waals surface area contributed by atoms with Crippen LogP contribution in [-0.4, -0.2) is 56.4 Å². The van der Waals surface area contributed by atoms with Gasteiger partial charge in [-0.25, -0.2) is 21.7 Å². The van der Waals surface area contributed by atoms with Gasteiger partial charge in [-0.3, -0.25) is 0 Å². The number of phenols is 2. The van der Waals surface area contributed by atoms with Crippen LogP contribution in [0.1, 0.15) is 13.3 Å². The molecule has 29 heavy (non-hydrogen) atoms. The van der Waals surface area contributed by atoms with Crippen LogP contribution >= 0.6 is 0 Å². The first-order valence-electron chi connectivity index (χ1n) is 8.60. The summed E-state index contributed by atoms with van der Waals surface area (Å²) >= 11 is 0. The lowest BCUT2D eigenvalue weighted by Crippen LogP contribution is -2.27. The van der Waals surface area contributed by atoms with Gasteiger partial charge in [-0.2, -0.15) is 0 Å². The number of phenolic OH excluding ortho intramolecular Hbond substituents is 2. The van der Waals surface area contributed by atoms with E-state index in [1.165, 1.54) is 25.2 Å². The second kappa shape index (κ2) is 7.68. The molecule has 2 aromatic carbocycles. The zero-order valence-electron chi connectivity index (χ0n) is 15.6. The largest absolute Gasteiger partial charge is 0.507 e. The number of aromatic hydroxyl groups is 3. The van der Waals surface area contributed by atoms with Gasteiger partial charge in [0.2, 0.25) is 10.0 Å². The Morgan fingerprint density at radius 1 is 1.10 bits per heavy atom. The summed E-state index contributed by atoms with van der Waals surface area (Å²) in [6, 6.07) is 6.67. The SMILES string of the molecule is CCCN(C)S(=O)(=O)c1cc(-c2nnc(O)n2-c2ccccc2F)c(O)cc1O. The molecule has 0 amide bonds. The molecule has 0 bridgehead atoms. The average molecular weight is 422 g/mol. The molecule has 0 unspecified atom stereocenters. The van der Waals surface area contributed by atoms with Crippen molar-refractivity contribution >= 4 is 10.0 Å². The van der Waals surface area contributed by atoms with Crippen molar-refractivity contribution in [1.29, 1.82) is 0 Å². The second-order valence-corrected chi connectivity index (χ2v) is 8.29. The Hall–Kier alpha value is -3.18. The van der Waals surface area contributed by atoms with Gasteiger partial charge >= 0.3 is 6.01 Å². The van der Waals surface area contributed by atoms with Gasteiger partial charge in [0, 0.05) is 19.7 Å². The van der Waals surface area contributed by atoms with E-state index >= 15 is 0 Å². The zero-order chi connectivity index (χ0) is 21.3. The lowest BCUT2D eigenvalue weighted by atomic mass is 10.1. The molecule has 3 N–H and O–H groups in total. The van der Waals surface area contributed by atoms with Crippen molar-refractivity contribution in [2.24, 2.45) is 0 Å². The van der Waals surface area contributed by atoms with Crippen molar-refractivity contribution in [2.45, 2.75) is 18.2 Å². The minimum absolute atomic E-state index is 0.106. The van der Waals surface area contributed by atoms with Crippen LogP contribution in [0.3, 0.4) is 0 Å². The van der Waals surface area contributed by atoms with Gasteiger partial charge in [0.15, 0.2) is 5.82 Å². The molecule has 1 heterocycles. The maximum Gasteiger partial charge on any atom is 0.319 e. The summed E-state index contributed by atoms with van der Waals surface area (Å²) in [6.45, 7) is 2.01. The van der Waals surface area contributed by atoms with E-state index in [1.807, 2.05) is 0 Å². The van der Waals surface area contributed by atoms with Gasteiger partial charge < -0.3 is 15.3 Å². The van der Waals surface area contributed by atoms with Crippen molar-refractivity contribution in [2.75, 3.05) is 13.6 Å². The summed E-state index contributed by atoms with van der Waals surface area (Å²) < 4.78 is 41.8. The third-order valence-corrected chi connectivity index (χ3v) is 6.17. The van der Waals surface area contributed by atoms with Gasteiger partial charge in [-0.05, 0) is 24.6 Å². The average Bonchev–Trinajstić information content (AvgIpc) is 3.03. The molecular formula is C18H19FN4O5S. The summed E-state index contributed by atoms with van der Waals surface area (Å²) in [5, 5.41) is 37.7. The molecule has 3 rings (SSSR count). The Kier molecular flexibility index (Phi) is 5.44. The van der Waals surface area contributed by atoms with Crippen molar-refractivity contribution < 1.29 is 28.1 Å². The molecular weight excluding hydrogens is 403 g/mol. The van der Waals surface area contributed by atoms with E-state index in [0.717, 1.165) is 27.1 Å². The van der Waals surface area contributed by atoms with Gasteiger partial charge in [0.05, 0.1) is 11.3 Å². The Morgan fingerprint density at radius 2 is 1.79 bits per heavy atom. The highest BCUT2D eigenvalue weighted by atomic mass is 32.2. The van der Waals surface area contributed by atoms with Crippen molar-refractivity contribution in [3.05, 3.63) is 42.2 Å². The number of aromatic nitrogens is 3. The third-order valence-electron chi connectivity index (χ3n) is 4.28. The van der Waals surface area contributed by atoms with E-state index < -0.39 is 38.2 Å². The number of halogens is 1. The minimum Gasteiger partial charge on any atom is -0.507 e. The minimum atomic E-state index is -4.08. The molecule has 0 radical (unpaired) electrons. The molecule has 9 nitrogen and oxygen atoms in total. The highest BCUT2D eigenvalue weighted by Crippen LogP contribution is 2.39. The van der Waals surface area contributed by atoms with Crippen LogP contribution in [0.15, 0.2) is 41.3 Å². The maximum atomic E-state index is 14.3. The number of hydrogen-bond acceptors (Lipinski definition) is 7. The van der Waals surface area contributed by atoms with E-state index in [0.29, 0.717) is 6.42 Å². The number of hydrogen-bond donors (Lipinski definition) is 3. The van der Waals surface area contributed by atoms with Gasteiger partial charge in [0.25, 0.3) is 0 Å². The zero-order valence-corrected chi connectivity index (χ0v) is 16.4. The number of para-hydroxylation sites is 1. The Balaban J connectivity index is 2.24. The summed E-state index contributed by atoms with van der Waals surface area (Å²) in [5.74, 6) is -2.09. The first-order chi connectivity index (χ1) is 13.7. The van der Waals surface area contributed by atoms with E-state index in [1.54, 1.807) is 6.92 Å². The predicted octanol–water partition coefficient (Wildman–Crippen LogP) is 2.22. The lowest BCUT2D eigenvalue weighted by Gasteiger charge is -2.18. The molecule has 0 fully saturated rings. The quantitative estimate of drug-likeness (QED) is 0.555. The van der Waals surface area contributed by atoms with Crippen LogP contribution in [0.2, 0.25) is 0 Å². The molecule has 0 aliphatic heterocycles. The molecule has 3 aromatic rings. The molecule has 11 heteroatoms. The lowest BCUT2D eigenvalue weighted by molar-refractivity contribution is 0.418. The van der Waals surface area contributed by atoms with Crippen LogP contribution in [-0.2, 0) is 10.0 Å². The van der Waals surface area contributed by atoms with E-state index in [2.05, 4.69) is 10.2 Å². The molecule has 154 valence electrons. The number of nitrogens with zero attached hydrogens (tertiary/aromatic N) is 4. The topological polar surface area (TPSA) is 129 Å². The van der Waals surface area contributed by atoms with Crippen LogP contribution in [0, 0.1) is 5.82 Å². The predicted molar refractivity (Wildman–Crippen MR) is 102 cm³/mol. The van der Waals surface area contributed by atoms with Crippen molar-refractivity contribution in [1.82, 2.24) is 19.1 Å². The van der Waals surface area contributed by atoms with Crippen LogP contribution in [0.5, 0.6) is 17.5 Å². The smallest absolute Gasteiger partial charge is 0.319 e. The number of benzene rings is 2. The van der Waals surface area contributed by atoms with E-state index in [-0.39, 0.29) is 23.6 Å². The first-order valence-corrected chi connectivity index (χ1v) is 10.0. The Labute approximate surface area is 166 Å². The fourth-order valence-corrected chi connectivity index (χ4v) is 4.20. The molecule has 0 spiro atoms. The molecule has 0 atom stereocenters. The first kappa shape index (κ1) is 20.6. The summed E-state index contributed by atoms with van der Waals surface area (Å²) in [7, 11) is -2.72. The molecule has 0 aliphatic rings. The standard InChI is InChI=1S/C18H19FN4O5S/c1-3-8-22(2)29(27,28)16-9-11(14(24)10-15(16)25)17-20-21-18(26)23(17)13-7-5-4-6-12(13)19/h4-7,9-10,24-25H,3,8H2,1-2H3,(H,21,26). The van der Waals surface area contributed by atoms with Crippen LogP contribution in [0.25, 0.3) is 17.1 Å². The second-order valence-electron chi connectivity index (χ2n) is 6.27. The Bertz CT molecular complexity index is 1160. The van der Waals surface area contributed by atoms with Gasteiger partial charge in [0.1, 0.15) is 22.2 Å². The van der Waals surface area contributed by atoms with Gasteiger partial charge in [-0.1, -0.05) is 24.2 Å². The van der Waals surface area contributed by atoms with Crippen molar-refractivity contribution in [3.63, 3.8) is 0 Å². The highest BCUT2D eigenvalue weighted by Gasteiger charge is 2.28. The fourth-order valence-electron chi connectivity index (χ4n) is 2.85. The Morgan fingerprint density at radius 3 is 2.45 bits per heavy atom. The van der Waals surface area contributed by atoms with Crippen molar-refractivity contribution in [3.8, 4) is 34.6 Å². The van der Waals surface area contributed by atoms with Gasteiger partial charge in [-0.15, -0.1) is 5.10 Å². The van der Waals surface area contributed by atoms with Crippen LogP contribution < -0.4 is 0 Å². The summed E-state index contributed by atoms with van der Waals surface area (Å²) in [4.78, 5) is -0.469. The fraction of sp³-hybridized carbons (Fsp3) is 0.222. The normalized spacial score (nSPS) is 11.9. The maximum absolute atomic E-state index is 14.3. The third kappa shape index (κ3) is 3.61. The molecule has 0 saturated heterocycles.